The molecule has 0 heterocycles. The van der Waals surface area contributed by atoms with Crippen LogP contribution < -0.4 is 4.74 Å². The lowest BCUT2D eigenvalue weighted by atomic mass is 9.88. The van der Waals surface area contributed by atoms with E-state index in [9.17, 15) is 79.4 Å². The number of esters is 1. The first-order chi connectivity index (χ1) is 17.5. The second-order valence-corrected chi connectivity index (χ2v) is 7.82. The summed E-state index contributed by atoms with van der Waals surface area (Å²) in [5, 5.41) is 9.08. The third kappa shape index (κ3) is 5.64. The van der Waals surface area contributed by atoms with Crippen LogP contribution in [0.4, 0.5) is 74.6 Å². The minimum atomic E-state index is -8.71. The fourth-order valence-corrected chi connectivity index (χ4v) is 2.53. The zero-order valence-electron chi connectivity index (χ0n) is 18.9. The van der Waals surface area contributed by atoms with Crippen molar-refractivity contribution < 1.29 is 94.0 Å². The molecular weight excluding hydrogens is 615 g/mol. The number of phenols is 1. The highest BCUT2D eigenvalue weighted by atomic mass is 19.4. The molecule has 0 spiro atoms. The van der Waals surface area contributed by atoms with E-state index >= 15 is 0 Å². The number of hydrogen-bond acceptors (Lipinski definition) is 4. The van der Waals surface area contributed by atoms with Gasteiger partial charge in [0.25, 0.3) is 0 Å². The Balaban J connectivity index is 3.16. The molecule has 232 valence electrons. The average molecular weight is 628 g/mol. The lowest BCUT2D eigenvalue weighted by Gasteiger charge is -2.42. The molecular formula is C19H13F17O4. The Bertz CT molecular complexity index is 1030. The zero-order chi connectivity index (χ0) is 32.0. The Morgan fingerprint density at radius 1 is 0.675 bits per heavy atom. The molecule has 1 atom stereocenters. The maximum absolute atomic E-state index is 13.8. The van der Waals surface area contributed by atoms with Crippen LogP contribution in [0.15, 0.2) is 24.3 Å². The number of carbonyl (C=O) groups excluding carboxylic acids is 1. The van der Waals surface area contributed by atoms with Crippen LogP contribution >= 0.6 is 0 Å². The summed E-state index contributed by atoms with van der Waals surface area (Å²) >= 11 is 0. The Labute approximate surface area is 210 Å². The molecule has 1 aromatic carbocycles. The first-order valence-corrected chi connectivity index (χ1v) is 9.86. The fraction of sp³-hybridized carbons (Fsp3) is 0.632. The Morgan fingerprint density at radius 3 is 1.45 bits per heavy atom. The Morgan fingerprint density at radius 2 is 1.05 bits per heavy atom. The van der Waals surface area contributed by atoms with Crippen LogP contribution in [0.5, 0.6) is 11.5 Å². The number of aromatic hydroxyl groups is 1. The van der Waals surface area contributed by atoms with Gasteiger partial charge in [0.15, 0.2) is 6.10 Å². The van der Waals surface area contributed by atoms with Crippen molar-refractivity contribution in [3.63, 3.8) is 0 Å². The van der Waals surface area contributed by atoms with Crippen molar-refractivity contribution in [1.29, 1.82) is 0 Å². The van der Waals surface area contributed by atoms with Gasteiger partial charge in [-0.1, -0.05) is 0 Å². The maximum atomic E-state index is 13.8. The molecule has 0 fully saturated rings. The highest BCUT2D eigenvalue weighted by Crippen LogP contribution is 2.64. The molecule has 0 radical (unpaired) electrons. The van der Waals surface area contributed by atoms with Crippen LogP contribution in [-0.4, -0.2) is 71.4 Å². The molecule has 1 rings (SSSR count). The van der Waals surface area contributed by atoms with Crippen molar-refractivity contribution in [3.05, 3.63) is 24.3 Å². The van der Waals surface area contributed by atoms with E-state index in [4.69, 9.17) is 9.84 Å². The monoisotopic (exact) mass is 628 g/mol. The van der Waals surface area contributed by atoms with Gasteiger partial charge in [-0.3, -0.25) is 0 Å². The van der Waals surface area contributed by atoms with E-state index in [1.807, 2.05) is 0 Å². The quantitative estimate of drug-likeness (QED) is 0.198. The molecule has 21 heteroatoms. The number of halogens is 17. The normalized spacial score (nSPS) is 15.6. The number of hydrogen-bond donors (Lipinski definition) is 1. The molecule has 1 N–H and O–H groups in total. The van der Waals surface area contributed by atoms with Crippen LogP contribution in [0.1, 0.15) is 13.3 Å². The molecule has 1 aromatic rings. The fourth-order valence-electron chi connectivity index (χ4n) is 2.53. The van der Waals surface area contributed by atoms with Crippen molar-refractivity contribution in [2.24, 2.45) is 0 Å². The molecule has 40 heavy (non-hydrogen) atoms. The summed E-state index contributed by atoms with van der Waals surface area (Å²) < 4.78 is 234. The number of alkyl halides is 17. The number of ether oxygens (including phenoxy) is 2. The topological polar surface area (TPSA) is 55.8 Å². The standard InChI is InChI=1S/C19H13F17O4/c1-8(40-10-4-2-9(37)3-5-10)11(38)39-7-6-12(20,21)13(22,23)14(24,25)15(26,27)16(28,29)17(30,31)18(32,33)19(34,35)36/h2-5,8,37H,6-7H2,1H3/t8-/m0/s1. The molecule has 0 aliphatic carbocycles. The van der Waals surface area contributed by atoms with Gasteiger partial charge in [0.2, 0.25) is 0 Å². The van der Waals surface area contributed by atoms with Crippen LogP contribution in [0.2, 0.25) is 0 Å². The van der Waals surface area contributed by atoms with E-state index in [1.165, 1.54) is 0 Å². The van der Waals surface area contributed by atoms with Gasteiger partial charge < -0.3 is 14.6 Å². The van der Waals surface area contributed by atoms with Gasteiger partial charge in [-0.05, 0) is 31.2 Å². The van der Waals surface area contributed by atoms with Crippen molar-refractivity contribution in [2.75, 3.05) is 6.61 Å². The van der Waals surface area contributed by atoms with Gasteiger partial charge >= 0.3 is 53.6 Å². The van der Waals surface area contributed by atoms with Crippen LogP contribution in [0, 0.1) is 0 Å². The van der Waals surface area contributed by atoms with E-state index in [2.05, 4.69) is 4.74 Å². The van der Waals surface area contributed by atoms with Gasteiger partial charge in [-0.15, -0.1) is 0 Å². The lowest BCUT2D eigenvalue weighted by Crippen LogP contribution is -2.74. The molecule has 0 bridgehead atoms. The summed E-state index contributed by atoms with van der Waals surface area (Å²) in [4.78, 5) is 11.7. The van der Waals surface area contributed by atoms with E-state index < -0.39 is 72.7 Å². The molecule has 0 amide bonds. The average Bonchev–Trinajstić information content (AvgIpc) is 2.78. The second-order valence-electron chi connectivity index (χ2n) is 7.82. The Hall–Kier alpha value is -2.90. The minimum absolute atomic E-state index is 0.185. The van der Waals surface area contributed by atoms with Crippen LogP contribution in [-0.2, 0) is 9.53 Å². The molecule has 0 saturated carbocycles. The van der Waals surface area contributed by atoms with Crippen LogP contribution in [0.3, 0.4) is 0 Å². The summed E-state index contributed by atoms with van der Waals surface area (Å²) in [5.74, 6) is -59.3. The zero-order valence-corrected chi connectivity index (χ0v) is 18.9. The van der Waals surface area contributed by atoms with Crippen LogP contribution in [0.25, 0.3) is 0 Å². The number of benzene rings is 1. The second kappa shape index (κ2) is 10.5. The Kier molecular flexibility index (Phi) is 9.22. The predicted molar refractivity (Wildman–Crippen MR) is 94.5 cm³/mol. The summed E-state index contributed by atoms with van der Waals surface area (Å²) in [7, 11) is 0. The first-order valence-electron chi connectivity index (χ1n) is 9.86. The minimum Gasteiger partial charge on any atom is -0.508 e. The van der Waals surface area contributed by atoms with Crippen molar-refractivity contribution >= 4 is 5.97 Å². The molecule has 4 nitrogen and oxygen atoms in total. The lowest BCUT2D eigenvalue weighted by molar-refractivity contribution is -0.461. The summed E-state index contributed by atoms with van der Waals surface area (Å²) in [6, 6.07) is 4.13. The van der Waals surface area contributed by atoms with Gasteiger partial charge in [-0.2, -0.15) is 74.6 Å². The molecule has 0 aliphatic heterocycles. The summed E-state index contributed by atoms with van der Waals surface area (Å²) in [6.07, 6.45) is -12.5. The number of phenolic OH excluding ortho intramolecular Hbond substituents is 1. The molecule has 0 aromatic heterocycles. The SMILES string of the molecule is C[C@H](Oc1ccc(O)cc1)C(=O)OCCC(F)(F)C(F)(F)C(F)(F)C(F)(F)C(F)(F)C(F)(F)C(F)(F)C(F)(F)F. The third-order valence-corrected chi connectivity index (χ3v) is 4.93. The van der Waals surface area contributed by atoms with E-state index in [0.717, 1.165) is 31.2 Å². The van der Waals surface area contributed by atoms with E-state index in [1.54, 1.807) is 0 Å². The van der Waals surface area contributed by atoms with Gasteiger partial charge in [0, 0.05) is 0 Å². The molecule has 0 unspecified atom stereocenters. The van der Waals surface area contributed by atoms with Crippen molar-refractivity contribution in [3.8, 4) is 11.5 Å². The van der Waals surface area contributed by atoms with Crippen molar-refractivity contribution in [1.82, 2.24) is 0 Å². The first kappa shape index (κ1) is 35.1. The highest BCUT2D eigenvalue weighted by molar-refractivity contribution is 5.74. The van der Waals surface area contributed by atoms with Gasteiger partial charge in [0.05, 0.1) is 13.0 Å². The third-order valence-electron chi connectivity index (χ3n) is 4.93. The largest absolute Gasteiger partial charge is 0.508 e. The van der Waals surface area contributed by atoms with Gasteiger partial charge in [-0.25, -0.2) is 4.79 Å². The molecule has 0 saturated heterocycles. The predicted octanol–water partition coefficient (Wildman–Crippen LogP) is 7.10. The summed E-state index contributed by atoms with van der Waals surface area (Å²) in [6.45, 7) is -1.24. The maximum Gasteiger partial charge on any atom is 0.460 e. The van der Waals surface area contributed by atoms with Crippen molar-refractivity contribution in [2.45, 2.75) is 67.1 Å². The highest BCUT2D eigenvalue weighted by Gasteiger charge is 2.95. The van der Waals surface area contributed by atoms with E-state index in [-0.39, 0.29) is 11.5 Å². The summed E-state index contributed by atoms with van der Waals surface area (Å²) in [5.41, 5.74) is 0. The molecule has 0 aliphatic rings. The number of rotatable bonds is 12. The number of carbonyl (C=O) groups is 1. The van der Waals surface area contributed by atoms with E-state index in [0.29, 0.717) is 0 Å². The van der Waals surface area contributed by atoms with Gasteiger partial charge in [0.1, 0.15) is 11.5 Å². The smallest absolute Gasteiger partial charge is 0.460 e.